The van der Waals surface area contributed by atoms with Gasteiger partial charge in [0.2, 0.25) is 5.91 Å². The number of hydrogen-bond acceptors (Lipinski definition) is 5. The highest BCUT2D eigenvalue weighted by Crippen LogP contribution is 2.27. The lowest BCUT2D eigenvalue weighted by atomic mass is 10.0. The number of nitrogens with one attached hydrogen (secondary N) is 1. The Hall–Kier alpha value is -2.48. The van der Waals surface area contributed by atoms with Gasteiger partial charge in [-0.25, -0.2) is 14.5 Å². The molecule has 0 aliphatic carbocycles. The first-order valence-corrected chi connectivity index (χ1v) is 10.5. The normalized spacial score (nSPS) is 17.0. The maximum Gasteiger partial charge on any atom is 0.272 e. The second kappa shape index (κ2) is 7.16. The van der Waals surface area contributed by atoms with Crippen molar-refractivity contribution in [1.82, 2.24) is 24.5 Å². The summed E-state index contributed by atoms with van der Waals surface area (Å²) in [5, 5.41) is 4.09. The summed E-state index contributed by atoms with van der Waals surface area (Å²) in [5.74, 6) is 0.227. The third-order valence-corrected chi connectivity index (χ3v) is 6.64. The van der Waals surface area contributed by atoms with Gasteiger partial charge in [0.1, 0.15) is 0 Å². The number of carbonyl (C=O) groups is 1. The number of likely N-dealkylation sites (tertiary alicyclic amines) is 1. The van der Waals surface area contributed by atoms with E-state index < -0.39 is 0 Å². The number of carbonyl (C=O) groups excluding carboxylic acids is 1. The van der Waals surface area contributed by atoms with E-state index in [1.807, 2.05) is 25.7 Å². The van der Waals surface area contributed by atoms with E-state index in [2.05, 4.69) is 17.0 Å². The number of H-pyrrole nitrogens is 1. The molecule has 8 heteroatoms. The minimum atomic E-state index is -0.0941. The molecule has 1 atom stereocenters. The highest BCUT2D eigenvalue weighted by molar-refractivity contribution is 7.11. The molecule has 0 aromatic carbocycles. The molecule has 1 aliphatic rings. The van der Waals surface area contributed by atoms with Crippen LogP contribution in [0.4, 0.5) is 0 Å². The number of hydrogen-bond donors (Lipinski definition) is 1. The van der Waals surface area contributed by atoms with Crippen LogP contribution in [-0.2, 0) is 17.6 Å². The van der Waals surface area contributed by atoms with E-state index in [4.69, 9.17) is 4.98 Å². The van der Waals surface area contributed by atoms with Gasteiger partial charge in [-0.2, -0.15) is 0 Å². The molecule has 1 aliphatic heterocycles. The van der Waals surface area contributed by atoms with Crippen molar-refractivity contribution in [3.8, 4) is 0 Å². The summed E-state index contributed by atoms with van der Waals surface area (Å²) >= 11 is 1.59. The molecule has 148 valence electrons. The van der Waals surface area contributed by atoms with E-state index in [0.717, 1.165) is 45.4 Å². The van der Waals surface area contributed by atoms with Crippen molar-refractivity contribution in [3.63, 3.8) is 0 Å². The van der Waals surface area contributed by atoms with Crippen molar-refractivity contribution in [2.24, 2.45) is 0 Å². The second-order valence-corrected chi connectivity index (χ2v) is 8.78. The summed E-state index contributed by atoms with van der Waals surface area (Å²) in [6.45, 7) is 9.26. The Morgan fingerprint density at radius 2 is 2.11 bits per heavy atom. The van der Waals surface area contributed by atoms with Gasteiger partial charge in [0, 0.05) is 41.2 Å². The van der Waals surface area contributed by atoms with Crippen LogP contribution in [0.2, 0.25) is 0 Å². The van der Waals surface area contributed by atoms with Crippen LogP contribution in [0.1, 0.15) is 51.8 Å². The predicted octanol–water partition coefficient (Wildman–Crippen LogP) is 2.53. The van der Waals surface area contributed by atoms with Gasteiger partial charge >= 0.3 is 0 Å². The van der Waals surface area contributed by atoms with Crippen molar-refractivity contribution < 1.29 is 4.79 Å². The van der Waals surface area contributed by atoms with Crippen LogP contribution in [0.3, 0.4) is 0 Å². The summed E-state index contributed by atoms with van der Waals surface area (Å²) in [6, 6.07) is 1.61. The van der Waals surface area contributed by atoms with Crippen LogP contribution in [-0.4, -0.2) is 43.5 Å². The van der Waals surface area contributed by atoms with Gasteiger partial charge in [0.15, 0.2) is 5.65 Å². The predicted molar refractivity (Wildman–Crippen MR) is 109 cm³/mol. The van der Waals surface area contributed by atoms with Gasteiger partial charge in [-0.15, -0.1) is 11.3 Å². The molecule has 3 aromatic rings. The van der Waals surface area contributed by atoms with Gasteiger partial charge in [0.25, 0.3) is 5.56 Å². The molecule has 4 heterocycles. The smallest absolute Gasteiger partial charge is 0.272 e. The van der Waals surface area contributed by atoms with Crippen LogP contribution >= 0.6 is 11.3 Å². The molecule has 1 unspecified atom stereocenters. The monoisotopic (exact) mass is 399 g/mol. The summed E-state index contributed by atoms with van der Waals surface area (Å²) in [5.41, 5.74) is 4.40. The molecule has 0 spiro atoms. The first-order valence-electron chi connectivity index (χ1n) is 9.69. The van der Waals surface area contributed by atoms with Crippen molar-refractivity contribution in [1.29, 1.82) is 0 Å². The SMILES string of the molecule is CCc1c(C)[nH]n2c(=O)cc(C3CCN(C(=O)Cc4sc(C)nc4C)C3)nc12. The van der Waals surface area contributed by atoms with E-state index in [9.17, 15) is 9.59 Å². The largest absolute Gasteiger partial charge is 0.342 e. The van der Waals surface area contributed by atoms with E-state index in [0.29, 0.717) is 25.2 Å². The molecule has 1 amide bonds. The average Bonchev–Trinajstić information content (AvgIpc) is 3.32. The number of fused-ring (bicyclic) bond motifs is 1. The van der Waals surface area contributed by atoms with Crippen molar-refractivity contribution in [2.75, 3.05) is 13.1 Å². The maximum absolute atomic E-state index is 12.7. The number of thiazole rings is 1. The lowest BCUT2D eigenvalue weighted by molar-refractivity contribution is -0.129. The van der Waals surface area contributed by atoms with Crippen LogP contribution < -0.4 is 5.56 Å². The summed E-state index contributed by atoms with van der Waals surface area (Å²) in [4.78, 5) is 37.4. The topological polar surface area (TPSA) is 83.4 Å². The molecule has 0 bridgehead atoms. The summed E-state index contributed by atoms with van der Waals surface area (Å²) < 4.78 is 1.52. The van der Waals surface area contributed by atoms with Crippen molar-refractivity contribution in [2.45, 2.75) is 52.9 Å². The number of rotatable bonds is 4. The number of nitrogens with zero attached hydrogens (tertiary/aromatic N) is 4. The van der Waals surface area contributed by atoms with E-state index in [1.165, 1.54) is 4.52 Å². The van der Waals surface area contributed by atoms with Gasteiger partial charge in [-0.3, -0.25) is 14.7 Å². The molecule has 1 fully saturated rings. The fraction of sp³-hybridized carbons (Fsp3) is 0.500. The molecule has 7 nitrogen and oxygen atoms in total. The Kier molecular flexibility index (Phi) is 4.82. The van der Waals surface area contributed by atoms with E-state index in [1.54, 1.807) is 17.4 Å². The van der Waals surface area contributed by atoms with Crippen molar-refractivity contribution in [3.05, 3.63) is 49.0 Å². The molecular weight excluding hydrogens is 374 g/mol. The lowest BCUT2D eigenvalue weighted by Crippen LogP contribution is -2.30. The zero-order chi connectivity index (χ0) is 20.0. The fourth-order valence-corrected chi connectivity index (χ4v) is 4.99. The number of aromatic nitrogens is 4. The van der Waals surface area contributed by atoms with Crippen LogP contribution in [0.15, 0.2) is 10.9 Å². The summed E-state index contributed by atoms with van der Waals surface area (Å²) in [7, 11) is 0. The quantitative estimate of drug-likeness (QED) is 0.731. The Morgan fingerprint density at radius 1 is 1.32 bits per heavy atom. The number of aromatic amines is 1. The van der Waals surface area contributed by atoms with Gasteiger partial charge in [-0.1, -0.05) is 6.92 Å². The van der Waals surface area contributed by atoms with Crippen molar-refractivity contribution >= 4 is 22.9 Å². The third-order valence-electron chi connectivity index (χ3n) is 5.56. The van der Waals surface area contributed by atoms with E-state index >= 15 is 0 Å². The van der Waals surface area contributed by atoms with Crippen LogP contribution in [0, 0.1) is 20.8 Å². The Bertz CT molecular complexity index is 1110. The first kappa shape index (κ1) is 18.9. The molecule has 0 saturated carbocycles. The Morgan fingerprint density at radius 3 is 2.79 bits per heavy atom. The highest BCUT2D eigenvalue weighted by Gasteiger charge is 2.29. The molecule has 4 rings (SSSR count). The standard InChI is InChI=1S/C20H25N5O2S/c1-5-15-11(2)23-25-19(27)8-16(22-20(15)25)14-6-7-24(10-14)18(26)9-17-12(3)21-13(4)28-17/h8,14,23H,5-7,9-10H2,1-4H3. The van der Waals surface area contributed by atoms with E-state index in [-0.39, 0.29) is 17.4 Å². The van der Waals surface area contributed by atoms with Crippen LogP contribution in [0.5, 0.6) is 0 Å². The Labute approximate surface area is 167 Å². The molecule has 1 saturated heterocycles. The minimum Gasteiger partial charge on any atom is -0.342 e. The van der Waals surface area contributed by atoms with Gasteiger partial charge < -0.3 is 4.90 Å². The summed E-state index contributed by atoms with van der Waals surface area (Å²) in [6.07, 6.45) is 2.05. The second-order valence-electron chi connectivity index (χ2n) is 7.49. The molecule has 0 radical (unpaired) electrons. The Balaban J connectivity index is 1.54. The van der Waals surface area contributed by atoms with Gasteiger partial charge in [-0.05, 0) is 33.6 Å². The average molecular weight is 400 g/mol. The number of aryl methyl sites for hydroxylation is 4. The number of amides is 1. The molecule has 1 N–H and O–H groups in total. The highest BCUT2D eigenvalue weighted by atomic mass is 32.1. The molecule has 3 aromatic heterocycles. The van der Waals surface area contributed by atoms with Gasteiger partial charge in [0.05, 0.1) is 22.8 Å². The third kappa shape index (κ3) is 3.26. The lowest BCUT2D eigenvalue weighted by Gasteiger charge is -2.16. The molecular formula is C20H25N5O2S. The van der Waals surface area contributed by atoms with Crippen LogP contribution in [0.25, 0.3) is 5.65 Å². The maximum atomic E-state index is 12.7. The fourth-order valence-electron chi connectivity index (χ4n) is 4.06. The molecule has 28 heavy (non-hydrogen) atoms. The zero-order valence-corrected chi connectivity index (χ0v) is 17.5. The minimum absolute atomic E-state index is 0.0941. The zero-order valence-electron chi connectivity index (χ0n) is 16.7. The first-order chi connectivity index (χ1) is 13.4.